The normalized spacial score (nSPS) is 27.8. The van der Waals surface area contributed by atoms with Crippen molar-refractivity contribution < 1.29 is 13.5 Å². The number of nitrogens with zero attached hydrogens (tertiary/aromatic N) is 3. The fourth-order valence-corrected chi connectivity index (χ4v) is 3.84. The average molecular weight is 287 g/mol. The Morgan fingerprint density at radius 1 is 1.37 bits per heavy atom. The molecule has 1 aromatic heterocycles. The summed E-state index contributed by atoms with van der Waals surface area (Å²) in [6.45, 7) is 8.36. The Morgan fingerprint density at radius 3 is 2.42 bits per heavy atom. The van der Waals surface area contributed by atoms with Gasteiger partial charge in [0.05, 0.1) is 11.8 Å². The fourth-order valence-electron chi connectivity index (χ4n) is 2.19. The van der Waals surface area contributed by atoms with Crippen LogP contribution in [-0.4, -0.2) is 46.3 Å². The molecule has 108 valence electrons. The number of aromatic nitrogens is 2. The molecule has 1 atom stereocenters. The van der Waals surface area contributed by atoms with Crippen LogP contribution in [0.2, 0.25) is 0 Å². The average Bonchev–Trinajstić information content (AvgIpc) is 2.83. The minimum atomic E-state index is -3.58. The third kappa shape index (κ3) is 2.30. The second-order valence-electron chi connectivity index (χ2n) is 5.96. The molecule has 0 spiro atoms. The van der Waals surface area contributed by atoms with Gasteiger partial charge < -0.3 is 5.11 Å². The molecule has 2 heterocycles. The van der Waals surface area contributed by atoms with E-state index in [9.17, 15) is 13.5 Å². The molecule has 0 bridgehead atoms. The van der Waals surface area contributed by atoms with E-state index in [4.69, 9.17) is 0 Å². The lowest BCUT2D eigenvalue weighted by Gasteiger charge is -2.31. The molecule has 0 radical (unpaired) electrons. The zero-order valence-electron chi connectivity index (χ0n) is 11.8. The van der Waals surface area contributed by atoms with E-state index in [1.54, 1.807) is 11.6 Å². The van der Waals surface area contributed by atoms with Gasteiger partial charge in [-0.3, -0.25) is 4.68 Å². The molecule has 0 amide bonds. The first kappa shape index (κ1) is 14.5. The van der Waals surface area contributed by atoms with Crippen molar-refractivity contribution in [1.82, 2.24) is 14.1 Å². The Kier molecular flexibility index (Phi) is 3.27. The van der Waals surface area contributed by atoms with Crippen LogP contribution in [0.3, 0.4) is 0 Å². The Labute approximate surface area is 114 Å². The van der Waals surface area contributed by atoms with Crippen molar-refractivity contribution in [2.45, 2.75) is 44.7 Å². The highest BCUT2D eigenvalue weighted by Gasteiger charge is 2.51. The molecule has 6 nitrogen and oxygen atoms in total. The molecule has 1 fully saturated rings. The smallest absolute Gasteiger partial charge is 0.246 e. The second kappa shape index (κ2) is 4.29. The van der Waals surface area contributed by atoms with Gasteiger partial charge in [0.25, 0.3) is 0 Å². The van der Waals surface area contributed by atoms with Gasteiger partial charge in [0.2, 0.25) is 10.0 Å². The van der Waals surface area contributed by atoms with E-state index >= 15 is 0 Å². The van der Waals surface area contributed by atoms with E-state index in [0.717, 1.165) is 0 Å². The summed E-state index contributed by atoms with van der Waals surface area (Å²) in [5.74, 6) is 0. The second-order valence-corrected chi connectivity index (χ2v) is 7.90. The molecule has 7 heteroatoms. The Morgan fingerprint density at radius 2 is 2.00 bits per heavy atom. The van der Waals surface area contributed by atoms with Crippen LogP contribution in [0.1, 0.15) is 27.7 Å². The SMILES string of the molecule is CCn1cc(S(=O)(=O)N2CC(C)(C)[C@@](C)(O)C2)cn1. The van der Waals surface area contributed by atoms with Crippen molar-refractivity contribution in [2.24, 2.45) is 5.41 Å². The monoisotopic (exact) mass is 287 g/mol. The third-order valence-corrected chi connectivity index (χ3v) is 5.83. The van der Waals surface area contributed by atoms with E-state index in [0.29, 0.717) is 13.1 Å². The van der Waals surface area contributed by atoms with Crippen molar-refractivity contribution in [1.29, 1.82) is 0 Å². The molecule has 0 unspecified atom stereocenters. The van der Waals surface area contributed by atoms with Gasteiger partial charge in [-0.05, 0) is 13.8 Å². The highest BCUT2D eigenvalue weighted by atomic mass is 32.2. The predicted molar refractivity (Wildman–Crippen MR) is 71.1 cm³/mol. The minimum absolute atomic E-state index is 0.111. The number of hydrogen-bond donors (Lipinski definition) is 1. The molecule has 2 rings (SSSR count). The summed E-state index contributed by atoms with van der Waals surface area (Å²) < 4.78 is 27.9. The predicted octanol–water partition coefficient (Wildman–Crippen LogP) is 0.684. The molecule has 0 saturated carbocycles. The first-order chi connectivity index (χ1) is 8.60. The summed E-state index contributed by atoms with van der Waals surface area (Å²) in [6, 6.07) is 0. The zero-order valence-corrected chi connectivity index (χ0v) is 12.6. The summed E-state index contributed by atoms with van der Waals surface area (Å²) >= 11 is 0. The first-order valence-electron chi connectivity index (χ1n) is 6.35. The molecule has 1 aliphatic heterocycles. The lowest BCUT2D eigenvalue weighted by atomic mass is 9.79. The topological polar surface area (TPSA) is 75.4 Å². The molecule has 0 aliphatic carbocycles. The lowest BCUT2D eigenvalue weighted by molar-refractivity contribution is -0.0100. The molecular weight excluding hydrogens is 266 g/mol. The standard InChI is InChI=1S/C12H21N3O3S/c1-5-14-7-10(6-13-14)19(17,18)15-8-11(2,3)12(4,16)9-15/h6-7,16H,5,8-9H2,1-4H3/t12-/m0/s1. The lowest BCUT2D eigenvalue weighted by Crippen LogP contribution is -2.40. The number of aliphatic hydroxyl groups is 1. The summed E-state index contributed by atoms with van der Waals surface area (Å²) in [6.07, 6.45) is 2.88. The van der Waals surface area contributed by atoms with Gasteiger partial charge in [-0.2, -0.15) is 9.40 Å². The van der Waals surface area contributed by atoms with Crippen LogP contribution in [0.15, 0.2) is 17.3 Å². The number of aryl methyl sites for hydroxylation is 1. The van der Waals surface area contributed by atoms with Crippen LogP contribution < -0.4 is 0 Å². The van der Waals surface area contributed by atoms with Crippen molar-refractivity contribution in [2.75, 3.05) is 13.1 Å². The number of β-amino-alcohol motifs (C(OH)–C–C–N with tert-alkyl or cyclic N) is 1. The van der Waals surface area contributed by atoms with Crippen LogP contribution in [0.4, 0.5) is 0 Å². The van der Waals surface area contributed by atoms with Crippen molar-refractivity contribution in [3.8, 4) is 0 Å². The quantitative estimate of drug-likeness (QED) is 0.887. The number of rotatable bonds is 3. The van der Waals surface area contributed by atoms with E-state index in [-0.39, 0.29) is 11.4 Å². The maximum absolute atomic E-state index is 12.5. The van der Waals surface area contributed by atoms with Gasteiger partial charge in [0, 0.05) is 31.2 Å². The first-order valence-corrected chi connectivity index (χ1v) is 7.79. The maximum atomic E-state index is 12.5. The summed E-state index contributed by atoms with van der Waals surface area (Å²) in [4.78, 5) is 0.183. The number of hydrogen-bond acceptors (Lipinski definition) is 4. The molecule has 1 aromatic rings. The van der Waals surface area contributed by atoms with E-state index in [2.05, 4.69) is 5.10 Å². The van der Waals surface area contributed by atoms with Crippen molar-refractivity contribution in [3.63, 3.8) is 0 Å². The summed E-state index contributed by atoms with van der Waals surface area (Å²) in [7, 11) is -3.58. The van der Waals surface area contributed by atoms with Gasteiger partial charge in [-0.25, -0.2) is 8.42 Å². The van der Waals surface area contributed by atoms with Gasteiger partial charge >= 0.3 is 0 Å². The van der Waals surface area contributed by atoms with Crippen LogP contribution in [0.5, 0.6) is 0 Å². The molecule has 1 aliphatic rings. The third-order valence-electron chi connectivity index (χ3n) is 4.09. The van der Waals surface area contributed by atoms with Crippen molar-refractivity contribution >= 4 is 10.0 Å². The minimum Gasteiger partial charge on any atom is -0.388 e. The van der Waals surface area contributed by atoms with Gasteiger partial charge in [-0.1, -0.05) is 13.8 Å². The molecule has 0 aromatic carbocycles. The highest BCUT2D eigenvalue weighted by molar-refractivity contribution is 7.89. The Hall–Kier alpha value is -0.920. The van der Waals surface area contributed by atoms with E-state index < -0.39 is 21.0 Å². The summed E-state index contributed by atoms with van der Waals surface area (Å²) in [5, 5.41) is 14.3. The Bertz CT molecular complexity index is 559. The fraction of sp³-hybridized carbons (Fsp3) is 0.750. The van der Waals surface area contributed by atoms with Gasteiger partial charge in [-0.15, -0.1) is 0 Å². The molecule has 19 heavy (non-hydrogen) atoms. The molecular formula is C12H21N3O3S. The molecule has 1 N–H and O–H groups in total. The Balaban J connectivity index is 2.32. The van der Waals surface area contributed by atoms with Gasteiger partial charge in [0.15, 0.2) is 0 Å². The molecule has 1 saturated heterocycles. The van der Waals surface area contributed by atoms with E-state index in [1.165, 1.54) is 16.7 Å². The van der Waals surface area contributed by atoms with E-state index in [1.807, 2.05) is 20.8 Å². The summed E-state index contributed by atoms with van der Waals surface area (Å²) in [5.41, 5.74) is -1.50. The van der Waals surface area contributed by atoms with Crippen LogP contribution in [0.25, 0.3) is 0 Å². The maximum Gasteiger partial charge on any atom is 0.246 e. The van der Waals surface area contributed by atoms with Crippen molar-refractivity contribution in [3.05, 3.63) is 12.4 Å². The van der Waals surface area contributed by atoms with Gasteiger partial charge in [0.1, 0.15) is 4.90 Å². The number of sulfonamides is 1. The van der Waals surface area contributed by atoms with Crippen LogP contribution in [-0.2, 0) is 16.6 Å². The largest absolute Gasteiger partial charge is 0.388 e. The van der Waals surface area contributed by atoms with Crippen LogP contribution in [0, 0.1) is 5.41 Å². The highest BCUT2D eigenvalue weighted by Crippen LogP contribution is 2.40. The zero-order chi connectivity index (χ0) is 14.5. The van der Waals surface area contributed by atoms with Crippen LogP contribution >= 0.6 is 0 Å².